The SMILES string of the molecule is COCc1ccc(-c2nc(O)c(C)c(=O)[nH]2)cc1. The Kier molecular flexibility index (Phi) is 3.43. The summed E-state index contributed by atoms with van der Waals surface area (Å²) < 4.78 is 5.01. The van der Waals surface area contributed by atoms with Crippen LogP contribution in [0.4, 0.5) is 0 Å². The molecule has 1 heterocycles. The Hall–Kier alpha value is -2.14. The van der Waals surface area contributed by atoms with Gasteiger partial charge in [0.2, 0.25) is 5.88 Å². The maximum Gasteiger partial charge on any atom is 0.257 e. The molecular formula is C13H14N2O3. The normalized spacial score (nSPS) is 10.6. The molecule has 0 saturated heterocycles. The number of rotatable bonds is 3. The van der Waals surface area contributed by atoms with Crippen molar-refractivity contribution in [3.05, 3.63) is 45.7 Å². The minimum Gasteiger partial charge on any atom is -0.493 e. The Balaban J connectivity index is 2.40. The van der Waals surface area contributed by atoms with Gasteiger partial charge in [-0.1, -0.05) is 24.3 Å². The van der Waals surface area contributed by atoms with Gasteiger partial charge in [-0.25, -0.2) is 0 Å². The van der Waals surface area contributed by atoms with E-state index in [1.54, 1.807) is 7.11 Å². The molecule has 0 aliphatic rings. The van der Waals surface area contributed by atoms with E-state index in [9.17, 15) is 9.90 Å². The molecule has 18 heavy (non-hydrogen) atoms. The van der Waals surface area contributed by atoms with Crippen LogP contribution in [-0.4, -0.2) is 22.2 Å². The molecular weight excluding hydrogens is 232 g/mol. The molecule has 0 amide bonds. The summed E-state index contributed by atoms with van der Waals surface area (Å²) in [5, 5.41) is 9.53. The maximum absolute atomic E-state index is 11.5. The van der Waals surface area contributed by atoms with Gasteiger partial charge in [0.1, 0.15) is 5.82 Å². The summed E-state index contributed by atoms with van der Waals surface area (Å²) >= 11 is 0. The number of methoxy groups -OCH3 is 1. The van der Waals surface area contributed by atoms with Gasteiger partial charge < -0.3 is 14.8 Å². The fraction of sp³-hybridized carbons (Fsp3) is 0.231. The van der Waals surface area contributed by atoms with Crippen molar-refractivity contribution in [3.8, 4) is 17.3 Å². The second-order valence-electron chi connectivity index (χ2n) is 3.99. The maximum atomic E-state index is 11.5. The zero-order chi connectivity index (χ0) is 13.1. The topological polar surface area (TPSA) is 75.2 Å². The van der Waals surface area contributed by atoms with Gasteiger partial charge in [-0.05, 0) is 12.5 Å². The molecule has 5 heteroatoms. The molecule has 0 aliphatic carbocycles. The molecule has 5 nitrogen and oxygen atoms in total. The van der Waals surface area contributed by atoms with E-state index in [1.165, 1.54) is 6.92 Å². The summed E-state index contributed by atoms with van der Waals surface area (Å²) in [6.07, 6.45) is 0. The van der Waals surface area contributed by atoms with Crippen LogP contribution in [0.2, 0.25) is 0 Å². The van der Waals surface area contributed by atoms with E-state index in [-0.39, 0.29) is 17.0 Å². The van der Waals surface area contributed by atoms with Gasteiger partial charge in [0.15, 0.2) is 0 Å². The average Bonchev–Trinajstić information content (AvgIpc) is 2.37. The van der Waals surface area contributed by atoms with Crippen LogP contribution < -0.4 is 5.56 Å². The molecule has 0 saturated carbocycles. The number of aromatic amines is 1. The highest BCUT2D eigenvalue weighted by atomic mass is 16.5. The zero-order valence-electron chi connectivity index (χ0n) is 10.2. The second-order valence-corrected chi connectivity index (χ2v) is 3.99. The third-order valence-corrected chi connectivity index (χ3v) is 2.66. The highest BCUT2D eigenvalue weighted by Crippen LogP contribution is 2.18. The molecule has 1 aromatic heterocycles. The first-order valence-electron chi connectivity index (χ1n) is 5.50. The molecule has 0 bridgehead atoms. The van der Waals surface area contributed by atoms with Crippen LogP contribution >= 0.6 is 0 Å². The third-order valence-electron chi connectivity index (χ3n) is 2.66. The lowest BCUT2D eigenvalue weighted by molar-refractivity contribution is 0.185. The Bertz CT molecular complexity index is 603. The van der Waals surface area contributed by atoms with Crippen molar-refractivity contribution in [2.24, 2.45) is 0 Å². The van der Waals surface area contributed by atoms with E-state index in [1.807, 2.05) is 24.3 Å². The summed E-state index contributed by atoms with van der Waals surface area (Å²) in [5.74, 6) is 0.113. The van der Waals surface area contributed by atoms with Crippen molar-refractivity contribution >= 4 is 0 Å². The zero-order valence-corrected chi connectivity index (χ0v) is 10.2. The van der Waals surface area contributed by atoms with Crippen LogP contribution in [0.3, 0.4) is 0 Å². The molecule has 2 rings (SSSR count). The van der Waals surface area contributed by atoms with Gasteiger partial charge in [-0.3, -0.25) is 4.79 Å². The van der Waals surface area contributed by atoms with Crippen LogP contribution in [0, 0.1) is 6.92 Å². The number of nitrogens with zero attached hydrogens (tertiary/aromatic N) is 1. The number of nitrogens with one attached hydrogen (secondary N) is 1. The molecule has 0 fully saturated rings. The van der Waals surface area contributed by atoms with Gasteiger partial charge >= 0.3 is 0 Å². The van der Waals surface area contributed by atoms with Gasteiger partial charge in [-0.15, -0.1) is 0 Å². The van der Waals surface area contributed by atoms with Gasteiger partial charge in [0, 0.05) is 12.7 Å². The minimum absolute atomic E-state index is 0.217. The van der Waals surface area contributed by atoms with E-state index in [4.69, 9.17) is 4.74 Å². The number of hydrogen-bond acceptors (Lipinski definition) is 4. The number of H-pyrrole nitrogens is 1. The van der Waals surface area contributed by atoms with Crippen LogP contribution in [0.25, 0.3) is 11.4 Å². The minimum atomic E-state index is -0.335. The quantitative estimate of drug-likeness (QED) is 0.862. The number of ether oxygens (including phenoxy) is 1. The van der Waals surface area contributed by atoms with Crippen molar-refractivity contribution in [1.82, 2.24) is 9.97 Å². The van der Waals surface area contributed by atoms with E-state index in [0.29, 0.717) is 12.4 Å². The monoisotopic (exact) mass is 246 g/mol. The van der Waals surface area contributed by atoms with Crippen LogP contribution in [-0.2, 0) is 11.3 Å². The van der Waals surface area contributed by atoms with Crippen molar-refractivity contribution in [1.29, 1.82) is 0 Å². The van der Waals surface area contributed by atoms with Crippen molar-refractivity contribution in [2.75, 3.05) is 7.11 Å². The Morgan fingerprint density at radius 3 is 2.56 bits per heavy atom. The van der Waals surface area contributed by atoms with Crippen LogP contribution in [0.5, 0.6) is 5.88 Å². The number of aromatic nitrogens is 2. The summed E-state index contributed by atoms with van der Waals surface area (Å²) in [7, 11) is 1.63. The van der Waals surface area contributed by atoms with Crippen molar-refractivity contribution in [3.63, 3.8) is 0 Å². The van der Waals surface area contributed by atoms with Crippen molar-refractivity contribution in [2.45, 2.75) is 13.5 Å². The number of benzene rings is 1. The largest absolute Gasteiger partial charge is 0.493 e. The fourth-order valence-electron chi connectivity index (χ4n) is 1.58. The predicted octanol–water partition coefficient (Wildman–Crippen LogP) is 1.60. The predicted molar refractivity (Wildman–Crippen MR) is 67.4 cm³/mol. The first-order valence-corrected chi connectivity index (χ1v) is 5.50. The summed E-state index contributed by atoms with van der Waals surface area (Å²) in [5.41, 5.74) is 1.65. The van der Waals surface area contributed by atoms with Crippen LogP contribution in [0.1, 0.15) is 11.1 Å². The van der Waals surface area contributed by atoms with Crippen LogP contribution in [0.15, 0.2) is 29.1 Å². The molecule has 0 radical (unpaired) electrons. The lowest BCUT2D eigenvalue weighted by Crippen LogP contribution is -2.12. The Labute approximate surface area is 104 Å². The van der Waals surface area contributed by atoms with Gasteiger partial charge in [0.25, 0.3) is 5.56 Å². The second kappa shape index (κ2) is 5.01. The van der Waals surface area contributed by atoms with E-state index >= 15 is 0 Å². The molecule has 2 aromatic rings. The van der Waals surface area contributed by atoms with Crippen molar-refractivity contribution < 1.29 is 9.84 Å². The molecule has 2 N–H and O–H groups in total. The molecule has 0 unspecified atom stereocenters. The summed E-state index contributed by atoms with van der Waals surface area (Å²) in [6.45, 7) is 2.05. The number of hydrogen-bond donors (Lipinski definition) is 2. The molecule has 1 aromatic carbocycles. The summed E-state index contributed by atoms with van der Waals surface area (Å²) in [6, 6.07) is 7.41. The van der Waals surface area contributed by atoms with E-state index < -0.39 is 0 Å². The first kappa shape index (κ1) is 12.3. The Morgan fingerprint density at radius 2 is 2.00 bits per heavy atom. The molecule has 0 atom stereocenters. The third kappa shape index (κ3) is 2.41. The smallest absolute Gasteiger partial charge is 0.257 e. The molecule has 0 spiro atoms. The van der Waals surface area contributed by atoms with Gasteiger partial charge in [0.05, 0.1) is 12.2 Å². The lowest BCUT2D eigenvalue weighted by Gasteiger charge is -2.04. The molecule has 94 valence electrons. The average molecular weight is 246 g/mol. The number of aromatic hydroxyl groups is 1. The molecule has 0 aliphatic heterocycles. The highest BCUT2D eigenvalue weighted by molar-refractivity contribution is 5.56. The van der Waals surface area contributed by atoms with Gasteiger partial charge in [-0.2, -0.15) is 4.98 Å². The lowest BCUT2D eigenvalue weighted by atomic mass is 10.1. The first-order chi connectivity index (χ1) is 8.61. The summed E-state index contributed by atoms with van der Waals surface area (Å²) in [4.78, 5) is 18.1. The fourth-order valence-corrected chi connectivity index (χ4v) is 1.58. The highest BCUT2D eigenvalue weighted by Gasteiger charge is 2.07. The van der Waals surface area contributed by atoms with E-state index in [0.717, 1.165) is 11.1 Å². The Morgan fingerprint density at radius 1 is 1.33 bits per heavy atom. The standard InChI is InChI=1S/C13H14N2O3/c1-8-12(16)14-11(15-13(8)17)10-5-3-9(4-6-10)7-18-2/h3-6H,7H2,1-2H3,(H2,14,15,16,17). The van der Waals surface area contributed by atoms with E-state index in [2.05, 4.69) is 9.97 Å².